The van der Waals surface area contributed by atoms with Crippen LogP contribution < -0.4 is 11.5 Å². The Morgan fingerprint density at radius 3 is 2.38 bits per heavy atom. The predicted octanol–water partition coefficient (Wildman–Crippen LogP) is 2.02. The van der Waals surface area contributed by atoms with Crippen molar-refractivity contribution in [1.29, 1.82) is 0 Å². The lowest BCUT2D eigenvalue weighted by molar-refractivity contribution is 0.208. The Balaban J connectivity index is 2.36. The smallest absolute Gasteiger partial charge is 0.0154 e. The maximum absolute atomic E-state index is 6.32. The van der Waals surface area contributed by atoms with Gasteiger partial charge in [-0.25, -0.2) is 0 Å². The minimum Gasteiger partial charge on any atom is -0.330 e. The first-order valence-corrected chi connectivity index (χ1v) is 5.66. The highest BCUT2D eigenvalue weighted by molar-refractivity contribution is 4.88. The summed E-state index contributed by atoms with van der Waals surface area (Å²) in [6.45, 7) is 2.98. The van der Waals surface area contributed by atoms with Gasteiger partial charge in [0.15, 0.2) is 0 Å². The highest BCUT2D eigenvalue weighted by Crippen LogP contribution is 2.33. The van der Waals surface area contributed by atoms with Crippen molar-refractivity contribution in [2.75, 3.05) is 6.54 Å². The molecule has 0 spiro atoms. The van der Waals surface area contributed by atoms with Crippen molar-refractivity contribution in [3.05, 3.63) is 0 Å². The first-order chi connectivity index (χ1) is 6.17. The second-order valence-electron chi connectivity index (χ2n) is 4.73. The SMILES string of the molecule is CC(N)(CCCN)C1CCCCC1. The molecule has 2 nitrogen and oxygen atoms in total. The third kappa shape index (κ3) is 3.28. The Bertz CT molecular complexity index is 137. The lowest BCUT2D eigenvalue weighted by Gasteiger charge is -2.37. The monoisotopic (exact) mass is 184 g/mol. The quantitative estimate of drug-likeness (QED) is 0.702. The zero-order valence-electron chi connectivity index (χ0n) is 8.89. The number of rotatable bonds is 4. The van der Waals surface area contributed by atoms with E-state index in [9.17, 15) is 0 Å². The molecule has 0 bridgehead atoms. The lowest BCUT2D eigenvalue weighted by Crippen LogP contribution is -2.45. The van der Waals surface area contributed by atoms with Gasteiger partial charge in [0.25, 0.3) is 0 Å². The fraction of sp³-hybridized carbons (Fsp3) is 1.00. The molecule has 0 saturated heterocycles. The van der Waals surface area contributed by atoms with E-state index in [1.165, 1.54) is 32.1 Å². The van der Waals surface area contributed by atoms with Crippen LogP contribution >= 0.6 is 0 Å². The first kappa shape index (κ1) is 11.0. The summed E-state index contributed by atoms with van der Waals surface area (Å²) < 4.78 is 0. The molecule has 0 aromatic carbocycles. The van der Waals surface area contributed by atoms with Crippen LogP contribution in [0, 0.1) is 5.92 Å². The fourth-order valence-corrected chi connectivity index (χ4v) is 2.45. The maximum atomic E-state index is 6.32. The number of hydrogen-bond acceptors (Lipinski definition) is 2. The van der Waals surface area contributed by atoms with Gasteiger partial charge < -0.3 is 11.5 Å². The van der Waals surface area contributed by atoms with Gasteiger partial charge in [-0.1, -0.05) is 19.3 Å². The minimum absolute atomic E-state index is 0.0415. The van der Waals surface area contributed by atoms with Crippen molar-refractivity contribution in [1.82, 2.24) is 0 Å². The molecule has 1 saturated carbocycles. The molecule has 1 aliphatic rings. The molecule has 1 fully saturated rings. The van der Waals surface area contributed by atoms with Gasteiger partial charge in [0.2, 0.25) is 0 Å². The van der Waals surface area contributed by atoms with Crippen LogP contribution in [0.2, 0.25) is 0 Å². The molecule has 0 heterocycles. The third-order valence-electron chi connectivity index (χ3n) is 3.46. The average Bonchev–Trinajstić information content (AvgIpc) is 2.16. The summed E-state index contributed by atoms with van der Waals surface area (Å²) in [4.78, 5) is 0. The van der Waals surface area contributed by atoms with Crippen molar-refractivity contribution in [2.45, 2.75) is 57.4 Å². The van der Waals surface area contributed by atoms with Gasteiger partial charge in [-0.3, -0.25) is 0 Å². The molecule has 1 aliphatic carbocycles. The molecule has 0 amide bonds. The Morgan fingerprint density at radius 2 is 1.85 bits per heavy atom. The van der Waals surface area contributed by atoms with Gasteiger partial charge in [0, 0.05) is 5.54 Å². The van der Waals surface area contributed by atoms with Gasteiger partial charge in [-0.05, 0) is 45.1 Å². The molecule has 13 heavy (non-hydrogen) atoms. The molecule has 1 rings (SSSR count). The van der Waals surface area contributed by atoms with E-state index in [-0.39, 0.29) is 5.54 Å². The molecule has 2 heteroatoms. The molecule has 78 valence electrons. The van der Waals surface area contributed by atoms with Crippen LogP contribution in [0.4, 0.5) is 0 Å². The van der Waals surface area contributed by atoms with Crippen LogP contribution in [-0.2, 0) is 0 Å². The van der Waals surface area contributed by atoms with Crippen LogP contribution in [0.1, 0.15) is 51.9 Å². The van der Waals surface area contributed by atoms with Gasteiger partial charge >= 0.3 is 0 Å². The van der Waals surface area contributed by atoms with Gasteiger partial charge in [0.1, 0.15) is 0 Å². The maximum Gasteiger partial charge on any atom is 0.0154 e. The molecular weight excluding hydrogens is 160 g/mol. The minimum atomic E-state index is 0.0415. The lowest BCUT2D eigenvalue weighted by atomic mass is 9.74. The van der Waals surface area contributed by atoms with E-state index < -0.39 is 0 Å². The first-order valence-electron chi connectivity index (χ1n) is 5.66. The van der Waals surface area contributed by atoms with Crippen LogP contribution in [0.25, 0.3) is 0 Å². The fourth-order valence-electron chi connectivity index (χ4n) is 2.45. The van der Waals surface area contributed by atoms with Crippen LogP contribution in [-0.4, -0.2) is 12.1 Å². The Labute approximate surface area is 82.1 Å². The average molecular weight is 184 g/mol. The molecule has 4 N–H and O–H groups in total. The van der Waals surface area contributed by atoms with Crippen LogP contribution in [0.5, 0.6) is 0 Å². The molecule has 0 aliphatic heterocycles. The van der Waals surface area contributed by atoms with Crippen LogP contribution in [0.3, 0.4) is 0 Å². The Morgan fingerprint density at radius 1 is 1.23 bits per heavy atom. The molecule has 0 aromatic rings. The summed E-state index contributed by atoms with van der Waals surface area (Å²) in [5.41, 5.74) is 11.9. The van der Waals surface area contributed by atoms with Crippen molar-refractivity contribution in [2.24, 2.45) is 17.4 Å². The largest absolute Gasteiger partial charge is 0.330 e. The van der Waals surface area contributed by atoms with Crippen molar-refractivity contribution in [3.8, 4) is 0 Å². The van der Waals surface area contributed by atoms with Gasteiger partial charge in [-0.15, -0.1) is 0 Å². The molecule has 1 unspecified atom stereocenters. The summed E-state index contributed by atoms with van der Waals surface area (Å²) in [7, 11) is 0. The predicted molar refractivity (Wildman–Crippen MR) is 57.5 cm³/mol. The summed E-state index contributed by atoms with van der Waals surface area (Å²) in [6.07, 6.45) is 8.98. The summed E-state index contributed by atoms with van der Waals surface area (Å²) >= 11 is 0. The third-order valence-corrected chi connectivity index (χ3v) is 3.46. The van der Waals surface area contributed by atoms with Gasteiger partial charge in [0.05, 0.1) is 0 Å². The van der Waals surface area contributed by atoms with E-state index in [1.54, 1.807) is 0 Å². The number of hydrogen-bond donors (Lipinski definition) is 2. The zero-order chi connectivity index (χ0) is 9.73. The summed E-state index contributed by atoms with van der Waals surface area (Å²) in [6, 6.07) is 0. The Kier molecular flexibility index (Phi) is 4.20. The summed E-state index contributed by atoms with van der Waals surface area (Å²) in [5, 5.41) is 0. The van der Waals surface area contributed by atoms with E-state index >= 15 is 0 Å². The Hall–Kier alpha value is -0.0800. The second-order valence-corrected chi connectivity index (χ2v) is 4.73. The van der Waals surface area contributed by atoms with E-state index in [0.29, 0.717) is 0 Å². The normalized spacial score (nSPS) is 24.2. The standard InChI is InChI=1S/C11H24N2/c1-11(13,8-5-9-12)10-6-3-2-4-7-10/h10H,2-9,12-13H2,1H3. The summed E-state index contributed by atoms with van der Waals surface area (Å²) in [5.74, 6) is 0.743. The van der Waals surface area contributed by atoms with Crippen molar-refractivity contribution >= 4 is 0 Å². The number of nitrogens with two attached hydrogens (primary N) is 2. The van der Waals surface area contributed by atoms with E-state index in [1.807, 2.05) is 0 Å². The molecule has 1 atom stereocenters. The van der Waals surface area contributed by atoms with E-state index in [4.69, 9.17) is 11.5 Å². The van der Waals surface area contributed by atoms with E-state index in [0.717, 1.165) is 25.3 Å². The second kappa shape index (κ2) is 4.97. The van der Waals surface area contributed by atoms with Crippen molar-refractivity contribution in [3.63, 3.8) is 0 Å². The van der Waals surface area contributed by atoms with Crippen molar-refractivity contribution < 1.29 is 0 Å². The molecule has 0 aromatic heterocycles. The topological polar surface area (TPSA) is 52.0 Å². The van der Waals surface area contributed by atoms with E-state index in [2.05, 4.69) is 6.92 Å². The van der Waals surface area contributed by atoms with Gasteiger partial charge in [-0.2, -0.15) is 0 Å². The van der Waals surface area contributed by atoms with Crippen LogP contribution in [0.15, 0.2) is 0 Å². The molecular formula is C11H24N2. The molecule has 0 radical (unpaired) electrons. The highest BCUT2D eigenvalue weighted by Gasteiger charge is 2.30. The zero-order valence-corrected chi connectivity index (χ0v) is 8.89. The highest BCUT2D eigenvalue weighted by atomic mass is 14.7.